The molecule has 0 amide bonds. The number of aromatic nitrogens is 1. The summed E-state index contributed by atoms with van der Waals surface area (Å²) in [6.45, 7) is 5.99. The number of nitrogens with zero attached hydrogens (tertiary/aromatic N) is 2. The first-order chi connectivity index (χ1) is 8.63. The zero-order valence-corrected chi connectivity index (χ0v) is 10.8. The fourth-order valence-electron chi connectivity index (χ4n) is 1.92. The number of nitriles is 1. The van der Waals surface area contributed by atoms with E-state index >= 15 is 0 Å². The van der Waals surface area contributed by atoms with Crippen LogP contribution in [0.2, 0.25) is 0 Å². The van der Waals surface area contributed by atoms with Crippen molar-refractivity contribution in [3.05, 3.63) is 52.7 Å². The lowest BCUT2D eigenvalue weighted by Gasteiger charge is -2.13. The molecule has 1 aromatic heterocycles. The van der Waals surface area contributed by atoms with Crippen molar-refractivity contribution in [3.63, 3.8) is 0 Å². The number of nitrogens with one attached hydrogen (secondary N) is 1. The van der Waals surface area contributed by atoms with Crippen LogP contribution in [0.15, 0.2) is 30.5 Å². The van der Waals surface area contributed by atoms with Gasteiger partial charge in [0.05, 0.1) is 5.56 Å². The van der Waals surface area contributed by atoms with Gasteiger partial charge in [-0.2, -0.15) is 5.26 Å². The summed E-state index contributed by atoms with van der Waals surface area (Å²) in [7, 11) is 0. The van der Waals surface area contributed by atoms with Gasteiger partial charge in [0.1, 0.15) is 11.9 Å². The minimum atomic E-state index is 0.597. The molecular weight excluding hydrogens is 222 g/mol. The molecule has 1 N–H and O–H groups in total. The molecule has 1 aromatic carbocycles. The van der Waals surface area contributed by atoms with Crippen LogP contribution >= 0.6 is 0 Å². The Balaban J connectivity index is 2.48. The van der Waals surface area contributed by atoms with Gasteiger partial charge in [-0.25, -0.2) is 4.98 Å². The Bertz CT molecular complexity index is 604. The molecule has 2 rings (SSSR count). The summed E-state index contributed by atoms with van der Waals surface area (Å²) in [4.78, 5) is 4.25. The largest absolute Gasteiger partial charge is 0.339 e. The number of aryl methyl sites for hydroxylation is 3. The van der Waals surface area contributed by atoms with Gasteiger partial charge in [-0.05, 0) is 43.5 Å². The highest BCUT2D eigenvalue weighted by molar-refractivity contribution is 5.69. The monoisotopic (exact) mass is 237 g/mol. The maximum atomic E-state index is 9.19. The van der Waals surface area contributed by atoms with Gasteiger partial charge in [-0.15, -0.1) is 0 Å². The predicted octanol–water partition coefficient (Wildman–Crippen LogP) is 3.62. The Labute approximate surface area is 107 Å². The van der Waals surface area contributed by atoms with E-state index in [2.05, 4.69) is 16.4 Å². The van der Waals surface area contributed by atoms with Crippen LogP contribution in [0.3, 0.4) is 0 Å². The van der Waals surface area contributed by atoms with E-state index in [1.54, 1.807) is 6.20 Å². The van der Waals surface area contributed by atoms with Gasteiger partial charge in [0, 0.05) is 11.9 Å². The molecule has 0 spiro atoms. The molecule has 0 saturated heterocycles. The second-order valence-corrected chi connectivity index (χ2v) is 4.36. The van der Waals surface area contributed by atoms with Gasteiger partial charge in [-0.1, -0.05) is 18.2 Å². The fraction of sp³-hybridized carbons (Fsp3) is 0.200. The Hall–Kier alpha value is -2.34. The lowest BCUT2D eigenvalue weighted by molar-refractivity contribution is 1.23. The Morgan fingerprint density at radius 2 is 1.72 bits per heavy atom. The van der Waals surface area contributed by atoms with Crippen molar-refractivity contribution in [2.24, 2.45) is 0 Å². The van der Waals surface area contributed by atoms with Crippen LogP contribution in [0.4, 0.5) is 11.5 Å². The third-order valence-corrected chi connectivity index (χ3v) is 3.00. The van der Waals surface area contributed by atoms with Crippen LogP contribution in [-0.4, -0.2) is 4.98 Å². The molecular formula is C15H15N3. The smallest absolute Gasteiger partial charge is 0.148 e. The molecule has 1 heterocycles. The summed E-state index contributed by atoms with van der Waals surface area (Å²) >= 11 is 0. The number of hydrogen-bond donors (Lipinski definition) is 1. The number of anilines is 2. The van der Waals surface area contributed by atoms with Crippen molar-refractivity contribution in [1.29, 1.82) is 5.26 Å². The highest BCUT2D eigenvalue weighted by atomic mass is 15.0. The molecule has 0 radical (unpaired) electrons. The van der Waals surface area contributed by atoms with Crippen molar-refractivity contribution >= 4 is 11.5 Å². The van der Waals surface area contributed by atoms with E-state index in [0.717, 1.165) is 22.4 Å². The van der Waals surface area contributed by atoms with E-state index in [1.807, 2.05) is 45.0 Å². The number of hydrogen-bond acceptors (Lipinski definition) is 3. The van der Waals surface area contributed by atoms with Crippen molar-refractivity contribution in [2.45, 2.75) is 20.8 Å². The lowest BCUT2D eigenvalue weighted by atomic mass is 10.1. The van der Waals surface area contributed by atoms with Gasteiger partial charge in [-0.3, -0.25) is 0 Å². The Morgan fingerprint density at radius 1 is 1.06 bits per heavy atom. The molecule has 3 heteroatoms. The van der Waals surface area contributed by atoms with Crippen LogP contribution in [0, 0.1) is 32.1 Å². The van der Waals surface area contributed by atoms with E-state index in [-0.39, 0.29) is 0 Å². The molecule has 0 fully saturated rings. The molecule has 18 heavy (non-hydrogen) atoms. The zero-order chi connectivity index (χ0) is 13.1. The van der Waals surface area contributed by atoms with Crippen LogP contribution < -0.4 is 5.32 Å². The minimum absolute atomic E-state index is 0.597. The molecule has 0 aliphatic rings. The molecule has 0 unspecified atom stereocenters. The highest BCUT2D eigenvalue weighted by Gasteiger charge is 2.09. The van der Waals surface area contributed by atoms with Gasteiger partial charge in [0.2, 0.25) is 0 Å². The quantitative estimate of drug-likeness (QED) is 0.867. The molecule has 0 bridgehead atoms. The summed E-state index contributed by atoms with van der Waals surface area (Å²) in [5.74, 6) is 0.620. The van der Waals surface area contributed by atoms with Crippen molar-refractivity contribution in [3.8, 4) is 6.07 Å². The van der Waals surface area contributed by atoms with Gasteiger partial charge in [0.15, 0.2) is 0 Å². The molecule has 3 nitrogen and oxygen atoms in total. The van der Waals surface area contributed by atoms with Gasteiger partial charge < -0.3 is 5.32 Å². The average molecular weight is 237 g/mol. The minimum Gasteiger partial charge on any atom is -0.339 e. The third-order valence-electron chi connectivity index (χ3n) is 3.00. The molecule has 0 aliphatic heterocycles. The first-order valence-electron chi connectivity index (χ1n) is 5.82. The maximum Gasteiger partial charge on any atom is 0.148 e. The normalized spacial score (nSPS) is 9.89. The van der Waals surface area contributed by atoms with Crippen LogP contribution in [0.5, 0.6) is 0 Å². The van der Waals surface area contributed by atoms with Gasteiger partial charge in [0.25, 0.3) is 0 Å². The molecule has 90 valence electrons. The summed E-state index contributed by atoms with van der Waals surface area (Å²) < 4.78 is 0. The standard InChI is InChI=1S/C15H15N3/c1-10-7-8-17-15(13(10)9-16)18-14-11(2)5-4-6-12(14)3/h4-8H,1-3H3,(H,17,18). The number of benzene rings is 1. The van der Waals surface area contributed by atoms with E-state index < -0.39 is 0 Å². The molecule has 0 saturated carbocycles. The second kappa shape index (κ2) is 4.89. The zero-order valence-electron chi connectivity index (χ0n) is 10.8. The molecule has 2 aromatic rings. The van der Waals surface area contributed by atoms with Crippen molar-refractivity contribution in [1.82, 2.24) is 4.98 Å². The summed E-state index contributed by atoms with van der Waals surface area (Å²) in [6, 6.07) is 10.1. The third kappa shape index (κ3) is 2.18. The maximum absolute atomic E-state index is 9.19. The Morgan fingerprint density at radius 3 is 2.33 bits per heavy atom. The number of pyridine rings is 1. The van der Waals surface area contributed by atoms with Gasteiger partial charge >= 0.3 is 0 Å². The van der Waals surface area contributed by atoms with E-state index in [9.17, 15) is 5.26 Å². The lowest BCUT2D eigenvalue weighted by Crippen LogP contribution is -2.01. The summed E-state index contributed by atoms with van der Waals surface area (Å²) in [5.41, 5.74) is 4.83. The topological polar surface area (TPSA) is 48.7 Å². The SMILES string of the molecule is Cc1ccnc(Nc2c(C)cccc2C)c1C#N. The van der Waals surface area contributed by atoms with Crippen LogP contribution in [-0.2, 0) is 0 Å². The van der Waals surface area contributed by atoms with Crippen LogP contribution in [0.25, 0.3) is 0 Å². The predicted molar refractivity (Wildman–Crippen MR) is 72.9 cm³/mol. The van der Waals surface area contributed by atoms with Crippen molar-refractivity contribution < 1.29 is 0 Å². The second-order valence-electron chi connectivity index (χ2n) is 4.36. The fourth-order valence-corrected chi connectivity index (χ4v) is 1.92. The average Bonchev–Trinajstić information content (AvgIpc) is 2.34. The molecule has 0 aliphatic carbocycles. The van der Waals surface area contributed by atoms with Crippen LogP contribution in [0.1, 0.15) is 22.3 Å². The Kier molecular flexibility index (Phi) is 3.29. The first kappa shape index (κ1) is 12.1. The first-order valence-corrected chi connectivity index (χ1v) is 5.82. The van der Waals surface area contributed by atoms with E-state index in [1.165, 1.54) is 0 Å². The van der Waals surface area contributed by atoms with E-state index in [4.69, 9.17) is 0 Å². The van der Waals surface area contributed by atoms with Crippen molar-refractivity contribution in [2.75, 3.05) is 5.32 Å². The van der Waals surface area contributed by atoms with E-state index in [0.29, 0.717) is 11.4 Å². The highest BCUT2D eigenvalue weighted by Crippen LogP contribution is 2.25. The summed E-state index contributed by atoms with van der Waals surface area (Å²) in [6.07, 6.45) is 1.71. The summed E-state index contributed by atoms with van der Waals surface area (Å²) in [5, 5.41) is 12.5. The molecule has 0 atom stereocenters. The number of rotatable bonds is 2. The number of para-hydroxylation sites is 1.